The summed E-state index contributed by atoms with van der Waals surface area (Å²) in [7, 11) is 3.89. The van der Waals surface area contributed by atoms with Crippen molar-refractivity contribution in [3.05, 3.63) is 40.3 Å². The third-order valence-corrected chi connectivity index (χ3v) is 3.79. The monoisotopic (exact) mass is 360 g/mol. The smallest absolute Gasteiger partial charge is 0.290 e. The molecule has 8 nitrogen and oxygen atoms in total. The van der Waals surface area contributed by atoms with Gasteiger partial charge in [0.05, 0.1) is 32.4 Å². The maximum atomic E-state index is 12.6. The van der Waals surface area contributed by atoms with Crippen LogP contribution in [0, 0.1) is 5.92 Å². The number of amides is 2. The van der Waals surface area contributed by atoms with Crippen LogP contribution in [0.2, 0.25) is 0 Å². The fourth-order valence-electron chi connectivity index (χ4n) is 2.48. The lowest BCUT2D eigenvalue weighted by atomic mass is 10.1. The van der Waals surface area contributed by atoms with Crippen LogP contribution < -0.4 is 21.3 Å². The Hall–Kier alpha value is -2.74. The lowest BCUT2D eigenvalue weighted by Gasteiger charge is -2.13. The van der Waals surface area contributed by atoms with Crippen molar-refractivity contribution in [3.63, 3.8) is 0 Å². The van der Waals surface area contributed by atoms with Gasteiger partial charge in [0.1, 0.15) is 0 Å². The van der Waals surface area contributed by atoms with E-state index in [-0.39, 0.29) is 23.1 Å². The van der Waals surface area contributed by atoms with Crippen molar-refractivity contribution in [2.75, 3.05) is 20.6 Å². The van der Waals surface area contributed by atoms with Gasteiger partial charge in [0.2, 0.25) is 5.91 Å². The van der Waals surface area contributed by atoms with Gasteiger partial charge in [0.25, 0.3) is 11.5 Å². The standard InChI is InChI=1S/C18H25N5O3/c1-12(2)11-23-18(26)14-8-6-5-7-13(14)16(21-23)17(25)20-19-15(24)9-10-22(3)4/h5-8,12H,9-11H2,1-4H3,(H,19,24)(H,20,25)/p+1. The second-order valence-electron chi connectivity index (χ2n) is 6.98. The van der Waals surface area contributed by atoms with Crippen LogP contribution in [0.1, 0.15) is 30.8 Å². The van der Waals surface area contributed by atoms with E-state index in [9.17, 15) is 14.4 Å². The molecule has 1 aromatic heterocycles. The molecule has 1 aromatic carbocycles. The number of nitrogens with zero attached hydrogens (tertiary/aromatic N) is 2. The minimum atomic E-state index is -0.552. The molecule has 0 fully saturated rings. The molecule has 0 unspecified atom stereocenters. The molecule has 0 aliphatic rings. The molecule has 2 rings (SSSR count). The van der Waals surface area contributed by atoms with Crippen LogP contribution in [-0.4, -0.2) is 42.2 Å². The lowest BCUT2D eigenvalue weighted by molar-refractivity contribution is -0.857. The summed E-state index contributed by atoms with van der Waals surface area (Å²) in [5.41, 5.74) is 4.66. The molecular weight excluding hydrogens is 334 g/mol. The Morgan fingerprint density at radius 1 is 1.15 bits per heavy atom. The fourth-order valence-corrected chi connectivity index (χ4v) is 2.48. The van der Waals surface area contributed by atoms with E-state index in [2.05, 4.69) is 16.0 Å². The predicted octanol–water partition coefficient (Wildman–Crippen LogP) is -0.652. The molecule has 2 amide bonds. The van der Waals surface area contributed by atoms with Crippen molar-refractivity contribution in [1.29, 1.82) is 0 Å². The highest BCUT2D eigenvalue weighted by atomic mass is 16.2. The van der Waals surface area contributed by atoms with E-state index in [1.165, 1.54) is 4.68 Å². The van der Waals surface area contributed by atoms with Crippen molar-refractivity contribution >= 4 is 22.6 Å². The summed E-state index contributed by atoms with van der Waals surface area (Å²) in [5, 5.41) is 5.12. The number of nitrogens with one attached hydrogen (secondary N) is 3. The van der Waals surface area contributed by atoms with Gasteiger partial charge in [0, 0.05) is 11.9 Å². The van der Waals surface area contributed by atoms with Gasteiger partial charge >= 0.3 is 0 Å². The molecule has 0 aliphatic carbocycles. The Morgan fingerprint density at radius 3 is 2.42 bits per heavy atom. The molecule has 8 heteroatoms. The zero-order valence-corrected chi connectivity index (χ0v) is 15.6. The fraction of sp³-hybridized carbons (Fsp3) is 0.444. The molecule has 140 valence electrons. The zero-order chi connectivity index (χ0) is 19.3. The van der Waals surface area contributed by atoms with E-state index in [4.69, 9.17) is 0 Å². The van der Waals surface area contributed by atoms with Gasteiger partial charge in [-0.05, 0) is 12.0 Å². The molecule has 0 aliphatic heterocycles. The number of hydrazine groups is 1. The highest BCUT2D eigenvalue weighted by Gasteiger charge is 2.17. The Bertz CT molecular complexity index is 858. The van der Waals surface area contributed by atoms with Crippen molar-refractivity contribution in [2.45, 2.75) is 26.8 Å². The minimum Gasteiger partial charge on any atom is -0.339 e. The minimum absolute atomic E-state index is 0.111. The summed E-state index contributed by atoms with van der Waals surface area (Å²) in [6.07, 6.45) is 0.295. The van der Waals surface area contributed by atoms with Crippen LogP contribution in [0.5, 0.6) is 0 Å². The van der Waals surface area contributed by atoms with Gasteiger partial charge in [-0.3, -0.25) is 25.2 Å². The summed E-state index contributed by atoms with van der Waals surface area (Å²) < 4.78 is 1.30. The van der Waals surface area contributed by atoms with E-state index < -0.39 is 5.91 Å². The number of aromatic nitrogens is 2. The number of hydrogen-bond donors (Lipinski definition) is 3. The van der Waals surface area contributed by atoms with Crippen LogP contribution in [0.15, 0.2) is 29.1 Å². The SMILES string of the molecule is CC(C)Cn1nc(C(=O)NNC(=O)CC[NH+](C)C)c2ccccc2c1=O. The van der Waals surface area contributed by atoms with E-state index in [1.54, 1.807) is 24.3 Å². The van der Waals surface area contributed by atoms with Crippen molar-refractivity contribution in [3.8, 4) is 0 Å². The molecule has 0 radical (unpaired) electrons. The largest absolute Gasteiger partial charge is 0.339 e. The van der Waals surface area contributed by atoms with Crippen LogP contribution in [0.25, 0.3) is 10.8 Å². The third kappa shape index (κ3) is 4.89. The van der Waals surface area contributed by atoms with Crippen LogP contribution in [0.3, 0.4) is 0 Å². The first kappa shape index (κ1) is 19.6. The number of carbonyl (C=O) groups excluding carboxylic acids is 2. The highest BCUT2D eigenvalue weighted by molar-refractivity contribution is 6.05. The van der Waals surface area contributed by atoms with Gasteiger partial charge < -0.3 is 4.90 Å². The van der Waals surface area contributed by atoms with Crippen LogP contribution >= 0.6 is 0 Å². The normalized spacial score (nSPS) is 11.2. The summed E-state index contributed by atoms with van der Waals surface area (Å²) in [5.74, 6) is -0.630. The second-order valence-corrected chi connectivity index (χ2v) is 6.98. The molecule has 1 heterocycles. The highest BCUT2D eigenvalue weighted by Crippen LogP contribution is 2.13. The van der Waals surface area contributed by atoms with Gasteiger partial charge in [-0.2, -0.15) is 5.10 Å². The maximum absolute atomic E-state index is 12.6. The molecule has 2 aromatic rings. The van der Waals surface area contributed by atoms with E-state index >= 15 is 0 Å². The molecule has 0 spiro atoms. The van der Waals surface area contributed by atoms with Gasteiger partial charge in [-0.1, -0.05) is 32.0 Å². The average Bonchev–Trinajstić information content (AvgIpc) is 2.60. The predicted molar refractivity (Wildman–Crippen MR) is 98.7 cm³/mol. The number of benzene rings is 1. The first-order valence-electron chi connectivity index (χ1n) is 8.67. The zero-order valence-electron chi connectivity index (χ0n) is 15.6. The number of carbonyl (C=O) groups is 2. The van der Waals surface area contributed by atoms with Crippen molar-refractivity contribution < 1.29 is 14.5 Å². The Morgan fingerprint density at radius 2 is 1.81 bits per heavy atom. The summed E-state index contributed by atoms with van der Waals surface area (Å²) in [4.78, 5) is 38.0. The molecule has 0 bridgehead atoms. The summed E-state index contributed by atoms with van der Waals surface area (Å²) >= 11 is 0. The molecule has 26 heavy (non-hydrogen) atoms. The van der Waals surface area contributed by atoms with E-state index in [1.807, 2.05) is 27.9 Å². The van der Waals surface area contributed by atoms with Gasteiger partial charge in [0.15, 0.2) is 5.69 Å². The quantitative estimate of drug-likeness (QED) is 0.596. The molecule has 0 saturated heterocycles. The Kier molecular flexibility index (Phi) is 6.46. The first-order chi connectivity index (χ1) is 12.3. The Balaban J connectivity index is 2.27. The van der Waals surface area contributed by atoms with Crippen molar-refractivity contribution in [2.24, 2.45) is 5.92 Å². The maximum Gasteiger partial charge on any atom is 0.290 e. The topological polar surface area (TPSA) is 97.5 Å². The van der Waals surface area contributed by atoms with E-state index in [0.717, 1.165) is 4.90 Å². The van der Waals surface area contributed by atoms with Crippen LogP contribution in [0.4, 0.5) is 0 Å². The number of fused-ring (bicyclic) bond motifs is 1. The number of rotatable bonds is 6. The number of hydrogen-bond acceptors (Lipinski definition) is 4. The van der Waals surface area contributed by atoms with Crippen LogP contribution in [-0.2, 0) is 11.3 Å². The number of quaternary nitrogens is 1. The molecule has 3 N–H and O–H groups in total. The molecular formula is C18H26N5O3+. The molecule has 0 saturated carbocycles. The Labute approximate surface area is 152 Å². The summed E-state index contributed by atoms with van der Waals surface area (Å²) in [6, 6.07) is 6.84. The van der Waals surface area contributed by atoms with E-state index in [0.29, 0.717) is 30.3 Å². The van der Waals surface area contributed by atoms with Crippen molar-refractivity contribution in [1.82, 2.24) is 20.6 Å². The second kappa shape index (κ2) is 8.57. The lowest BCUT2D eigenvalue weighted by Crippen LogP contribution is -3.05. The van der Waals surface area contributed by atoms with Gasteiger partial charge in [-0.15, -0.1) is 0 Å². The third-order valence-electron chi connectivity index (χ3n) is 3.79. The molecule has 0 atom stereocenters. The van der Waals surface area contributed by atoms with Gasteiger partial charge in [-0.25, -0.2) is 4.68 Å². The summed E-state index contributed by atoms with van der Waals surface area (Å²) in [6.45, 7) is 5.00. The average molecular weight is 360 g/mol. The first-order valence-corrected chi connectivity index (χ1v) is 8.67.